The molecule has 1 aromatic carbocycles. The van der Waals surface area contributed by atoms with E-state index in [4.69, 9.17) is 16.3 Å². The molecule has 1 aliphatic heterocycles. The third-order valence-corrected chi connectivity index (χ3v) is 5.94. The number of rotatable bonds is 7. The lowest BCUT2D eigenvalue weighted by Crippen LogP contribution is -2.57. The molecule has 7 nitrogen and oxygen atoms in total. The molecule has 170 valence electrons. The van der Waals surface area contributed by atoms with Gasteiger partial charge in [-0.3, -0.25) is 9.59 Å². The number of carbonyl (C=O) groups excluding carboxylic acids is 3. The molecule has 1 aromatic rings. The van der Waals surface area contributed by atoms with Crippen molar-refractivity contribution in [3.8, 4) is 0 Å². The Kier molecular flexibility index (Phi) is 7.75. The lowest BCUT2D eigenvalue weighted by atomic mass is 9.93. The Morgan fingerprint density at radius 2 is 2.00 bits per heavy atom. The second-order valence-corrected chi connectivity index (χ2v) is 8.68. The number of nitrogens with one attached hydrogen (secondary N) is 1. The maximum atomic E-state index is 14.1. The van der Waals surface area contributed by atoms with Crippen LogP contribution in [0.2, 0.25) is 5.02 Å². The van der Waals surface area contributed by atoms with E-state index >= 15 is 0 Å². The molecule has 3 rings (SSSR count). The third-order valence-electron chi connectivity index (χ3n) is 5.71. The summed E-state index contributed by atoms with van der Waals surface area (Å²) in [5.41, 5.74) is 0.354. The standard InChI is InChI=1S/C22H29ClFN3O4/c1-3-21(29)26-11-15(13-31-14(2)28)8-19(12-26)27(18-6-7-18)22(30)25-10-16-4-5-17(23)9-20(16)24/h4-5,9,15,18-19H,3,6-8,10-13H2,1-2H3,(H,25,30). The van der Waals surface area contributed by atoms with E-state index in [0.717, 1.165) is 12.8 Å². The molecule has 2 unspecified atom stereocenters. The maximum absolute atomic E-state index is 14.1. The maximum Gasteiger partial charge on any atom is 0.318 e. The van der Waals surface area contributed by atoms with Crippen molar-refractivity contribution in [2.75, 3.05) is 19.7 Å². The van der Waals surface area contributed by atoms with Gasteiger partial charge in [0.25, 0.3) is 0 Å². The van der Waals surface area contributed by atoms with E-state index in [1.807, 2.05) is 0 Å². The van der Waals surface area contributed by atoms with Crippen molar-refractivity contribution in [1.29, 1.82) is 0 Å². The molecular formula is C22H29ClFN3O4. The van der Waals surface area contributed by atoms with Gasteiger partial charge in [-0.2, -0.15) is 0 Å². The Labute approximate surface area is 186 Å². The highest BCUT2D eigenvalue weighted by Gasteiger charge is 2.41. The van der Waals surface area contributed by atoms with Crippen LogP contribution in [-0.2, 0) is 20.9 Å². The first-order valence-corrected chi connectivity index (χ1v) is 11.1. The Hall–Kier alpha value is -2.35. The molecule has 1 saturated heterocycles. The van der Waals surface area contributed by atoms with Gasteiger partial charge >= 0.3 is 12.0 Å². The van der Waals surface area contributed by atoms with E-state index in [1.165, 1.54) is 13.0 Å². The number of halogens is 2. The number of piperidine rings is 1. The van der Waals surface area contributed by atoms with Gasteiger partial charge < -0.3 is 19.9 Å². The van der Waals surface area contributed by atoms with Crippen LogP contribution in [0.5, 0.6) is 0 Å². The van der Waals surface area contributed by atoms with Crippen LogP contribution in [0.1, 0.15) is 45.1 Å². The number of esters is 1. The van der Waals surface area contributed by atoms with Gasteiger partial charge in [-0.05, 0) is 31.4 Å². The normalized spacial score (nSPS) is 20.8. The van der Waals surface area contributed by atoms with Crippen molar-refractivity contribution in [3.05, 3.63) is 34.6 Å². The Morgan fingerprint density at radius 3 is 2.61 bits per heavy atom. The SMILES string of the molecule is CCC(=O)N1CC(COC(C)=O)CC(N(C(=O)NCc2ccc(Cl)cc2F)C2CC2)C1. The predicted octanol–water partition coefficient (Wildman–Crippen LogP) is 3.34. The van der Waals surface area contributed by atoms with Crippen molar-refractivity contribution in [2.24, 2.45) is 5.92 Å². The van der Waals surface area contributed by atoms with Gasteiger partial charge in [-0.15, -0.1) is 0 Å². The molecule has 0 spiro atoms. The monoisotopic (exact) mass is 453 g/mol. The molecule has 2 aliphatic rings. The van der Waals surface area contributed by atoms with Crippen LogP contribution in [0, 0.1) is 11.7 Å². The first kappa shape index (κ1) is 23.3. The number of nitrogens with zero attached hydrogens (tertiary/aromatic N) is 2. The first-order chi connectivity index (χ1) is 14.8. The van der Waals surface area contributed by atoms with Crippen LogP contribution in [0.15, 0.2) is 18.2 Å². The fourth-order valence-corrected chi connectivity index (χ4v) is 4.23. The third kappa shape index (κ3) is 6.32. The van der Waals surface area contributed by atoms with Crippen LogP contribution in [-0.4, -0.2) is 59.5 Å². The zero-order chi connectivity index (χ0) is 22.5. The van der Waals surface area contributed by atoms with Gasteiger partial charge in [0, 0.05) is 55.5 Å². The summed E-state index contributed by atoms with van der Waals surface area (Å²) in [4.78, 5) is 40.3. The van der Waals surface area contributed by atoms with Crippen molar-refractivity contribution < 1.29 is 23.5 Å². The van der Waals surface area contributed by atoms with Gasteiger partial charge in [0.15, 0.2) is 0 Å². The molecule has 0 radical (unpaired) electrons. The van der Waals surface area contributed by atoms with Gasteiger partial charge in [0.05, 0.1) is 12.6 Å². The van der Waals surface area contributed by atoms with E-state index in [1.54, 1.807) is 28.9 Å². The van der Waals surface area contributed by atoms with Crippen LogP contribution in [0.4, 0.5) is 9.18 Å². The van der Waals surface area contributed by atoms with E-state index in [2.05, 4.69) is 5.32 Å². The van der Waals surface area contributed by atoms with Gasteiger partial charge in [0.1, 0.15) is 5.82 Å². The van der Waals surface area contributed by atoms with Crippen molar-refractivity contribution in [2.45, 2.75) is 58.2 Å². The molecule has 2 fully saturated rings. The molecule has 1 heterocycles. The highest BCUT2D eigenvalue weighted by molar-refractivity contribution is 6.30. The molecular weight excluding hydrogens is 425 g/mol. The van der Waals surface area contributed by atoms with E-state index in [-0.39, 0.29) is 49.1 Å². The second kappa shape index (κ2) is 10.3. The topological polar surface area (TPSA) is 79.0 Å². The zero-order valence-electron chi connectivity index (χ0n) is 17.9. The minimum absolute atomic E-state index is 0.0110. The van der Waals surface area contributed by atoms with Crippen LogP contribution < -0.4 is 5.32 Å². The highest BCUT2D eigenvalue weighted by Crippen LogP contribution is 2.33. The summed E-state index contributed by atoms with van der Waals surface area (Å²) in [6, 6.07) is 3.99. The average molecular weight is 454 g/mol. The largest absolute Gasteiger partial charge is 0.466 e. The van der Waals surface area contributed by atoms with Crippen molar-refractivity contribution in [1.82, 2.24) is 15.1 Å². The summed E-state index contributed by atoms with van der Waals surface area (Å²) in [6.45, 7) is 4.38. The summed E-state index contributed by atoms with van der Waals surface area (Å²) in [5.74, 6) is -0.861. The van der Waals surface area contributed by atoms with Gasteiger partial charge in [-0.1, -0.05) is 24.6 Å². The van der Waals surface area contributed by atoms with E-state index < -0.39 is 5.82 Å². The smallest absolute Gasteiger partial charge is 0.318 e. The molecule has 0 aromatic heterocycles. The van der Waals surface area contributed by atoms with E-state index in [9.17, 15) is 18.8 Å². The molecule has 2 atom stereocenters. The quantitative estimate of drug-likeness (QED) is 0.642. The fraction of sp³-hybridized carbons (Fsp3) is 0.591. The molecule has 1 aliphatic carbocycles. The van der Waals surface area contributed by atoms with Crippen molar-refractivity contribution >= 4 is 29.5 Å². The molecule has 1 N–H and O–H groups in total. The Morgan fingerprint density at radius 1 is 1.26 bits per heavy atom. The molecule has 0 bridgehead atoms. The lowest BCUT2D eigenvalue weighted by Gasteiger charge is -2.42. The lowest BCUT2D eigenvalue weighted by molar-refractivity contribution is -0.144. The fourth-order valence-electron chi connectivity index (χ4n) is 4.07. The van der Waals surface area contributed by atoms with Crippen LogP contribution in [0.25, 0.3) is 0 Å². The van der Waals surface area contributed by atoms with Crippen LogP contribution in [0.3, 0.4) is 0 Å². The number of amides is 3. The highest BCUT2D eigenvalue weighted by atomic mass is 35.5. The predicted molar refractivity (Wildman–Crippen MR) is 114 cm³/mol. The summed E-state index contributed by atoms with van der Waals surface area (Å²) in [6.07, 6.45) is 2.81. The summed E-state index contributed by atoms with van der Waals surface area (Å²) in [5, 5.41) is 3.12. The summed E-state index contributed by atoms with van der Waals surface area (Å²) >= 11 is 5.79. The number of hydrogen-bond donors (Lipinski definition) is 1. The number of benzene rings is 1. The molecule has 1 saturated carbocycles. The Bertz CT molecular complexity index is 833. The number of carbonyl (C=O) groups is 3. The molecule has 31 heavy (non-hydrogen) atoms. The van der Waals surface area contributed by atoms with Gasteiger partial charge in [0.2, 0.25) is 5.91 Å². The number of urea groups is 1. The number of ether oxygens (including phenoxy) is 1. The van der Waals surface area contributed by atoms with Gasteiger partial charge in [-0.25, -0.2) is 9.18 Å². The summed E-state index contributed by atoms with van der Waals surface area (Å²) in [7, 11) is 0. The molecule has 3 amide bonds. The number of hydrogen-bond acceptors (Lipinski definition) is 4. The molecule has 9 heteroatoms. The Balaban J connectivity index is 1.70. The van der Waals surface area contributed by atoms with Crippen LogP contribution >= 0.6 is 11.6 Å². The minimum atomic E-state index is -0.468. The van der Waals surface area contributed by atoms with Crippen molar-refractivity contribution in [3.63, 3.8) is 0 Å². The number of likely N-dealkylation sites (tertiary alicyclic amines) is 1. The second-order valence-electron chi connectivity index (χ2n) is 8.24. The zero-order valence-corrected chi connectivity index (χ0v) is 18.7. The minimum Gasteiger partial charge on any atom is -0.466 e. The average Bonchev–Trinajstić information content (AvgIpc) is 3.56. The summed E-state index contributed by atoms with van der Waals surface area (Å²) < 4.78 is 19.3. The van der Waals surface area contributed by atoms with E-state index in [0.29, 0.717) is 36.5 Å². The first-order valence-electron chi connectivity index (χ1n) is 10.7.